The first-order chi connectivity index (χ1) is 8.76. The lowest BCUT2D eigenvalue weighted by Gasteiger charge is -2.45. The first-order valence-corrected chi connectivity index (χ1v) is 7.30. The van der Waals surface area contributed by atoms with Crippen LogP contribution in [0, 0.1) is 5.92 Å². The molecule has 0 bridgehead atoms. The van der Waals surface area contributed by atoms with Crippen molar-refractivity contribution in [3.8, 4) is 0 Å². The summed E-state index contributed by atoms with van der Waals surface area (Å²) in [6.45, 7) is 5.55. The Morgan fingerprint density at radius 2 is 2.22 bits per heavy atom. The summed E-state index contributed by atoms with van der Waals surface area (Å²) in [6.07, 6.45) is 5.05. The molecule has 2 heteroatoms. The largest absolute Gasteiger partial charge is 0.328 e. The first-order valence-electron chi connectivity index (χ1n) is 7.30. The van der Waals surface area contributed by atoms with Gasteiger partial charge in [0.25, 0.3) is 0 Å². The summed E-state index contributed by atoms with van der Waals surface area (Å²) in [5.74, 6) is 0.822. The number of likely N-dealkylation sites (tertiary alicyclic amines) is 1. The van der Waals surface area contributed by atoms with Crippen LogP contribution in [-0.2, 0) is 12.0 Å². The van der Waals surface area contributed by atoms with Crippen LogP contribution in [0.25, 0.3) is 0 Å². The van der Waals surface area contributed by atoms with Crippen molar-refractivity contribution in [3.05, 3.63) is 35.4 Å². The average Bonchev–Trinajstić information content (AvgIpc) is 2.85. The maximum absolute atomic E-state index is 6.24. The fraction of sp³-hybridized carbons (Fsp3) is 0.625. The van der Waals surface area contributed by atoms with Crippen LogP contribution < -0.4 is 5.73 Å². The van der Waals surface area contributed by atoms with Crippen molar-refractivity contribution in [3.63, 3.8) is 0 Å². The van der Waals surface area contributed by atoms with Crippen LogP contribution in [0.1, 0.15) is 37.3 Å². The summed E-state index contributed by atoms with van der Waals surface area (Å²) < 4.78 is 0. The summed E-state index contributed by atoms with van der Waals surface area (Å²) in [5, 5.41) is 0. The Morgan fingerprint density at radius 3 is 2.94 bits per heavy atom. The summed E-state index contributed by atoms with van der Waals surface area (Å²) in [5.41, 5.74) is 9.39. The van der Waals surface area contributed by atoms with Gasteiger partial charge in [-0.15, -0.1) is 0 Å². The SMILES string of the molecule is CC1CCN(C2(CN)CCCc3ccccc32)C1. The van der Waals surface area contributed by atoms with Gasteiger partial charge in [-0.25, -0.2) is 0 Å². The van der Waals surface area contributed by atoms with Gasteiger partial charge in [-0.2, -0.15) is 0 Å². The molecule has 98 valence electrons. The highest BCUT2D eigenvalue weighted by atomic mass is 15.2. The van der Waals surface area contributed by atoms with Crippen molar-refractivity contribution in [1.82, 2.24) is 4.90 Å². The van der Waals surface area contributed by atoms with Crippen molar-refractivity contribution in [2.45, 2.75) is 38.1 Å². The van der Waals surface area contributed by atoms with Gasteiger partial charge in [-0.05, 0) is 49.3 Å². The van der Waals surface area contributed by atoms with Gasteiger partial charge in [0.2, 0.25) is 0 Å². The van der Waals surface area contributed by atoms with Crippen LogP contribution in [-0.4, -0.2) is 24.5 Å². The fourth-order valence-corrected chi connectivity index (χ4v) is 3.89. The molecule has 1 aromatic carbocycles. The van der Waals surface area contributed by atoms with Crippen LogP contribution in [0.5, 0.6) is 0 Å². The van der Waals surface area contributed by atoms with Gasteiger partial charge >= 0.3 is 0 Å². The molecule has 1 heterocycles. The monoisotopic (exact) mass is 244 g/mol. The van der Waals surface area contributed by atoms with Crippen LogP contribution in [0.2, 0.25) is 0 Å². The number of hydrogen-bond acceptors (Lipinski definition) is 2. The molecule has 0 amide bonds. The van der Waals surface area contributed by atoms with Crippen molar-refractivity contribution in [2.24, 2.45) is 11.7 Å². The van der Waals surface area contributed by atoms with Gasteiger partial charge < -0.3 is 5.73 Å². The molecule has 18 heavy (non-hydrogen) atoms. The molecule has 0 spiro atoms. The zero-order chi connectivity index (χ0) is 12.6. The molecule has 1 aliphatic carbocycles. The molecule has 1 aromatic rings. The van der Waals surface area contributed by atoms with Gasteiger partial charge in [0.15, 0.2) is 0 Å². The summed E-state index contributed by atoms with van der Waals surface area (Å²) in [7, 11) is 0. The van der Waals surface area contributed by atoms with Crippen LogP contribution in [0.4, 0.5) is 0 Å². The minimum Gasteiger partial charge on any atom is -0.328 e. The molecule has 1 fully saturated rings. The van der Waals surface area contributed by atoms with Gasteiger partial charge in [-0.3, -0.25) is 4.90 Å². The smallest absolute Gasteiger partial charge is 0.0586 e. The van der Waals surface area contributed by atoms with Gasteiger partial charge in [-0.1, -0.05) is 31.2 Å². The summed E-state index contributed by atoms with van der Waals surface area (Å²) in [6, 6.07) is 8.94. The third-order valence-corrected chi connectivity index (χ3v) is 4.92. The predicted molar refractivity (Wildman–Crippen MR) is 75.5 cm³/mol. The molecule has 2 nitrogen and oxygen atoms in total. The Morgan fingerprint density at radius 1 is 1.39 bits per heavy atom. The van der Waals surface area contributed by atoms with Gasteiger partial charge in [0.05, 0.1) is 5.54 Å². The normalized spacial score (nSPS) is 32.4. The Hall–Kier alpha value is -0.860. The summed E-state index contributed by atoms with van der Waals surface area (Å²) >= 11 is 0. The van der Waals surface area contributed by atoms with E-state index in [1.165, 1.54) is 49.9 Å². The van der Waals surface area contributed by atoms with E-state index in [9.17, 15) is 0 Å². The highest BCUT2D eigenvalue weighted by Crippen LogP contribution is 2.41. The number of rotatable bonds is 2. The zero-order valence-corrected chi connectivity index (χ0v) is 11.4. The van der Waals surface area contributed by atoms with E-state index in [4.69, 9.17) is 5.73 Å². The molecule has 3 rings (SSSR count). The van der Waals surface area contributed by atoms with E-state index >= 15 is 0 Å². The molecule has 2 unspecified atom stereocenters. The standard InChI is InChI=1S/C16H24N2/c1-13-8-10-18(11-13)16(12-17)9-4-6-14-5-2-3-7-15(14)16/h2-3,5,7,13H,4,6,8-12,17H2,1H3. The molecule has 1 aliphatic heterocycles. The minimum atomic E-state index is 0.125. The van der Waals surface area contributed by atoms with E-state index < -0.39 is 0 Å². The number of nitrogens with two attached hydrogens (primary N) is 1. The third-order valence-electron chi connectivity index (χ3n) is 4.92. The van der Waals surface area contributed by atoms with Crippen LogP contribution in [0.15, 0.2) is 24.3 Å². The van der Waals surface area contributed by atoms with Crippen LogP contribution >= 0.6 is 0 Å². The highest BCUT2D eigenvalue weighted by molar-refractivity contribution is 5.37. The summed E-state index contributed by atoms with van der Waals surface area (Å²) in [4.78, 5) is 2.66. The van der Waals surface area contributed by atoms with Crippen molar-refractivity contribution >= 4 is 0 Å². The Balaban J connectivity index is 2.02. The van der Waals surface area contributed by atoms with E-state index in [2.05, 4.69) is 36.1 Å². The first kappa shape index (κ1) is 12.2. The van der Waals surface area contributed by atoms with Gasteiger partial charge in [0, 0.05) is 13.1 Å². The minimum absolute atomic E-state index is 0.125. The Kier molecular flexibility index (Phi) is 3.16. The fourth-order valence-electron chi connectivity index (χ4n) is 3.89. The van der Waals surface area contributed by atoms with E-state index in [1.54, 1.807) is 0 Å². The van der Waals surface area contributed by atoms with Gasteiger partial charge in [0.1, 0.15) is 0 Å². The second-order valence-corrected chi connectivity index (χ2v) is 6.09. The van der Waals surface area contributed by atoms with Crippen molar-refractivity contribution in [1.29, 1.82) is 0 Å². The number of aryl methyl sites for hydroxylation is 1. The highest BCUT2D eigenvalue weighted by Gasteiger charge is 2.42. The Labute approximate surface area is 110 Å². The number of fused-ring (bicyclic) bond motifs is 1. The molecule has 0 radical (unpaired) electrons. The number of benzene rings is 1. The molecule has 2 N–H and O–H groups in total. The zero-order valence-electron chi connectivity index (χ0n) is 11.4. The molecule has 2 aliphatic rings. The average molecular weight is 244 g/mol. The maximum Gasteiger partial charge on any atom is 0.0586 e. The maximum atomic E-state index is 6.24. The molecule has 1 saturated heterocycles. The second kappa shape index (κ2) is 4.67. The van der Waals surface area contributed by atoms with E-state index in [-0.39, 0.29) is 5.54 Å². The Bertz CT molecular complexity index is 429. The topological polar surface area (TPSA) is 29.3 Å². The quantitative estimate of drug-likeness (QED) is 0.866. The molecule has 0 aromatic heterocycles. The number of nitrogens with zero attached hydrogens (tertiary/aromatic N) is 1. The lowest BCUT2D eigenvalue weighted by molar-refractivity contribution is 0.0979. The second-order valence-electron chi connectivity index (χ2n) is 6.09. The van der Waals surface area contributed by atoms with Crippen molar-refractivity contribution in [2.75, 3.05) is 19.6 Å². The molecular formula is C16H24N2. The van der Waals surface area contributed by atoms with Crippen molar-refractivity contribution < 1.29 is 0 Å². The predicted octanol–water partition coefficient (Wildman–Crippen LogP) is 2.52. The molecule has 2 atom stereocenters. The number of hydrogen-bond donors (Lipinski definition) is 1. The van der Waals surface area contributed by atoms with E-state index in [1.807, 2.05) is 0 Å². The third kappa shape index (κ3) is 1.79. The molecular weight excluding hydrogens is 220 g/mol. The van der Waals surface area contributed by atoms with E-state index in [0.717, 1.165) is 12.5 Å². The lowest BCUT2D eigenvalue weighted by atomic mass is 9.75. The van der Waals surface area contributed by atoms with E-state index in [0.29, 0.717) is 0 Å². The lowest BCUT2D eigenvalue weighted by Crippen LogP contribution is -2.52. The van der Waals surface area contributed by atoms with Crippen LogP contribution in [0.3, 0.4) is 0 Å². The molecule has 0 saturated carbocycles.